The van der Waals surface area contributed by atoms with E-state index in [0.717, 1.165) is 0 Å². The van der Waals surface area contributed by atoms with Gasteiger partial charge < -0.3 is 10.1 Å². The van der Waals surface area contributed by atoms with Crippen LogP contribution in [-0.4, -0.2) is 24.0 Å². The Morgan fingerprint density at radius 3 is 2.25 bits per heavy atom. The zero-order valence-corrected chi connectivity index (χ0v) is 10.7. The molecule has 1 aliphatic carbocycles. The smallest absolute Gasteiger partial charge is 0.322 e. The van der Waals surface area contributed by atoms with E-state index in [-0.39, 0.29) is 11.8 Å². The predicted octanol–water partition coefficient (Wildman–Crippen LogP) is 1.49. The van der Waals surface area contributed by atoms with E-state index in [1.165, 1.54) is 0 Å². The molecule has 4 nitrogen and oxygen atoms in total. The fourth-order valence-corrected chi connectivity index (χ4v) is 1.81. The van der Waals surface area contributed by atoms with Gasteiger partial charge in [0.1, 0.15) is 11.0 Å². The quantitative estimate of drug-likeness (QED) is 0.587. The molecule has 0 aromatic carbocycles. The molecule has 1 N–H and O–H groups in total. The number of amides is 1. The number of hydrogen-bond donors (Lipinski definition) is 1. The van der Waals surface area contributed by atoms with Crippen molar-refractivity contribution in [2.24, 2.45) is 11.3 Å². The van der Waals surface area contributed by atoms with Crippen LogP contribution in [0.1, 0.15) is 41.0 Å². The van der Waals surface area contributed by atoms with Crippen LogP contribution in [0.3, 0.4) is 0 Å². The van der Waals surface area contributed by atoms with Gasteiger partial charge in [-0.15, -0.1) is 0 Å². The van der Waals surface area contributed by atoms with Gasteiger partial charge in [0.2, 0.25) is 5.91 Å². The zero-order chi connectivity index (χ0) is 12.6. The topological polar surface area (TPSA) is 55.4 Å². The summed E-state index contributed by atoms with van der Waals surface area (Å²) in [5, 5.41) is 2.71. The minimum absolute atomic E-state index is 0.0777. The normalized spacial score (nSPS) is 28.4. The predicted molar refractivity (Wildman–Crippen MR) is 60.7 cm³/mol. The summed E-state index contributed by atoms with van der Waals surface area (Å²) in [7, 11) is 0. The molecule has 1 fully saturated rings. The third kappa shape index (κ3) is 2.36. The Morgan fingerprint density at radius 2 is 1.94 bits per heavy atom. The van der Waals surface area contributed by atoms with Gasteiger partial charge in [0, 0.05) is 6.54 Å². The van der Waals surface area contributed by atoms with E-state index >= 15 is 0 Å². The van der Waals surface area contributed by atoms with Crippen LogP contribution in [0.4, 0.5) is 0 Å². The van der Waals surface area contributed by atoms with Gasteiger partial charge in [-0.25, -0.2) is 0 Å². The van der Waals surface area contributed by atoms with Crippen molar-refractivity contribution < 1.29 is 14.3 Å². The van der Waals surface area contributed by atoms with Crippen molar-refractivity contribution in [3.8, 4) is 0 Å². The fraction of sp³-hybridized carbons (Fsp3) is 0.833. The minimum Gasteiger partial charge on any atom is -0.459 e. The molecular weight excluding hydrogens is 206 g/mol. The van der Waals surface area contributed by atoms with Gasteiger partial charge in [0.15, 0.2) is 0 Å². The second kappa shape index (κ2) is 4.07. The Balaban J connectivity index is 2.75. The molecular formula is C12H21NO3. The second-order valence-electron chi connectivity index (χ2n) is 5.44. The van der Waals surface area contributed by atoms with Gasteiger partial charge in [0.05, 0.1) is 0 Å². The van der Waals surface area contributed by atoms with Crippen LogP contribution in [-0.2, 0) is 14.3 Å². The van der Waals surface area contributed by atoms with Crippen LogP contribution in [0, 0.1) is 11.3 Å². The van der Waals surface area contributed by atoms with Crippen molar-refractivity contribution in [1.82, 2.24) is 5.32 Å². The summed E-state index contributed by atoms with van der Waals surface area (Å²) >= 11 is 0. The van der Waals surface area contributed by atoms with E-state index in [0.29, 0.717) is 13.0 Å². The number of nitrogens with one attached hydrogen (secondary N) is 1. The Labute approximate surface area is 96.7 Å². The highest BCUT2D eigenvalue weighted by molar-refractivity contribution is 6.06. The summed E-state index contributed by atoms with van der Waals surface area (Å²) in [6.07, 6.45) is 0.591. The van der Waals surface area contributed by atoms with E-state index in [1.54, 1.807) is 0 Å². The van der Waals surface area contributed by atoms with Gasteiger partial charge in [-0.05, 0) is 40.0 Å². The number of hydrogen-bond acceptors (Lipinski definition) is 3. The molecule has 92 valence electrons. The van der Waals surface area contributed by atoms with E-state index in [1.807, 2.05) is 34.6 Å². The highest BCUT2D eigenvalue weighted by atomic mass is 16.6. The molecule has 0 bridgehead atoms. The first kappa shape index (κ1) is 13.0. The van der Waals surface area contributed by atoms with Crippen molar-refractivity contribution in [2.45, 2.75) is 46.6 Å². The molecule has 2 atom stereocenters. The Hall–Kier alpha value is -1.06. The minimum atomic E-state index is -0.927. The van der Waals surface area contributed by atoms with Gasteiger partial charge in [-0.2, -0.15) is 0 Å². The second-order valence-corrected chi connectivity index (χ2v) is 5.44. The maximum atomic E-state index is 12.0. The molecule has 0 saturated heterocycles. The maximum absolute atomic E-state index is 12.0. The Bertz CT molecular complexity index is 306. The number of carbonyl (C=O) groups excluding carboxylic acids is 2. The van der Waals surface area contributed by atoms with Crippen molar-refractivity contribution >= 4 is 11.9 Å². The average Bonchev–Trinajstić information content (AvgIpc) is 2.76. The third-order valence-electron chi connectivity index (χ3n) is 2.81. The van der Waals surface area contributed by atoms with E-state index < -0.39 is 17.0 Å². The highest BCUT2D eigenvalue weighted by Gasteiger charge is 2.64. The average molecular weight is 227 g/mol. The molecule has 1 rings (SSSR count). The third-order valence-corrected chi connectivity index (χ3v) is 2.81. The van der Waals surface area contributed by atoms with Crippen molar-refractivity contribution in [1.29, 1.82) is 0 Å². The first-order valence-corrected chi connectivity index (χ1v) is 5.75. The summed E-state index contributed by atoms with van der Waals surface area (Å²) in [4.78, 5) is 23.8. The number of rotatable bonds is 3. The largest absolute Gasteiger partial charge is 0.459 e. The lowest BCUT2D eigenvalue weighted by Gasteiger charge is -2.23. The lowest BCUT2D eigenvalue weighted by atomic mass is 10.0. The first-order valence-electron chi connectivity index (χ1n) is 5.75. The summed E-state index contributed by atoms with van der Waals surface area (Å²) < 4.78 is 5.30. The van der Waals surface area contributed by atoms with Crippen molar-refractivity contribution in [3.63, 3.8) is 0 Å². The monoisotopic (exact) mass is 227 g/mol. The molecule has 4 heteroatoms. The van der Waals surface area contributed by atoms with Gasteiger partial charge in [0.25, 0.3) is 0 Å². The van der Waals surface area contributed by atoms with Crippen LogP contribution < -0.4 is 5.32 Å². The zero-order valence-electron chi connectivity index (χ0n) is 10.7. The van der Waals surface area contributed by atoms with Crippen LogP contribution in [0.25, 0.3) is 0 Å². The van der Waals surface area contributed by atoms with E-state index in [4.69, 9.17) is 4.74 Å². The first-order chi connectivity index (χ1) is 7.24. The maximum Gasteiger partial charge on any atom is 0.322 e. The molecule has 0 aromatic heterocycles. The standard InChI is InChI=1S/C12H21NO3/c1-6-13-9(14)12(7-8(12)2)10(15)16-11(3,4)5/h8H,6-7H2,1-5H3,(H,13,14)/t8-,12-/m1/s1. The number of esters is 1. The summed E-state index contributed by atoms with van der Waals surface area (Å²) in [5.41, 5.74) is -1.47. The SMILES string of the molecule is CCNC(=O)[C@@]1(C(=O)OC(C)(C)C)C[C@H]1C. The molecule has 0 heterocycles. The van der Waals surface area contributed by atoms with E-state index in [2.05, 4.69) is 5.32 Å². The molecule has 1 amide bonds. The summed E-state index contributed by atoms with van der Waals surface area (Å²) in [5.74, 6) is -0.510. The van der Waals surface area contributed by atoms with Crippen LogP contribution in [0.15, 0.2) is 0 Å². The van der Waals surface area contributed by atoms with Crippen LogP contribution in [0.5, 0.6) is 0 Å². The lowest BCUT2D eigenvalue weighted by Crippen LogP contribution is -2.41. The van der Waals surface area contributed by atoms with Gasteiger partial charge in [-0.1, -0.05) is 6.92 Å². The van der Waals surface area contributed by atoms with Crippen molar-refractivity contribution in [2.75, 3.05) is 6.54 Å². The van der Waals surface area contributed by atoms with Crippen LogP contribution >= 0.6 is 0 Å². The summed E-state index contributed by atoms with van der Waals surface area (Å²) in [6.45, 7) is 9.71. The fourth-order valence-electron chi connectivity index (χ4n) is 1.81. The lowest BCUT2D eigenvalue weighted by molar-refractivity contribution is -0.165. The Morgan fingerprint density at radius 1 is 1.44 bits per heavy atom. The van der Waals surface area contributed by atoms with E-state index in [9.17, 15) is 9.59 Å². The molecule has 0 aromatic rings. The molecule has 0 aliphatic heterocycles. The highest BCUT2D eigenvalue weighted by Crippen LogP contribution is 2.53. The molecule has 1 aliphatic rings. The number of ether oxygens (including phenoxy) is 1. The van der Waals surface area contributed by atoms with Crippen LogP contribution in [0.2, 0.25) is 0 Å². The van der Waals surface area contributed by atoms with Gasteiger partial charge in [-0.3, -0.25) is 9.59 Å². The molecule has 0 unspecified atom stereocenters. The molecule has 16 heavy (non-hydrogen) atoms. The van der Waals surface area contributed by atoms with Gasteiger partial charge >= 0.3 is 5.97 Å². The molecule has 1 saturated carbocycles. The molecule has 0 radical (unpaired) electrons. The number of carbonyl (C=O) groups is 2. The molecule has 0 spiro atoms. The summed E-state index contributed by atoms with van der Waals surface area (Å²) in [6, 6.07) is 0. The Kier molecular flexibility index (Phi) is 3.31. The van der Waals surface area contributed by atoms with Crippen molar-refractivity contribution in [3.05, 3.63) is 0 Å².